The summed E-state index contributed by atoms with van der Waals surface area (Å²) in [4.78, 5) is 18.9. The number of hydrogen-bond acceptors (Lipinski definition) is 2. The third kappa shape index (κ3) is 10.2. The summed E-state index contributed by atoms with van der Waals surface area (Å²) in [5, 5.41) is 0. The zero-order valence-corrected chi connectivity index (χ0v) is 44.9. The molecule has 0 bridgehead atoms. The Kier molecular flexibility index (Phi) is 14.6. The molecule has 0 N–H and O–H groups in total. The minimum Gasteiger partial charge on any atom is -0.402 e. The summed E-state index contributed by atoms with van der Waals surface area (Å²) in [6.45, 7) is 2.07. The Hall–Kier alpha value is -9.54. The van der Waals surface area contributed by atoms with Gasteiger partial charge in [0.1, 0.15) is 0 Å². The summed E-state index contributed by atoms with van der Waals surface area (Å²) in [6.07, 6.45) is 0.789. The quantitative estimate of drug-likeness (QED) is 0.102. The van der Waals surface area contributed by atoms with Crippen LogP contribution in [-0.2, 0) is 8.98 Å². The van der Waals surface area contributed by atoms with Crippen LogP contribution in [0.5, 0.6) is 0 Å². The molecule has 0 saturated heterocycles. The zero-order valence-electron chi connectivity index (χ0n) is 44.1. The van der Waals surface area contributed by atoms with Crippen molar-refractivity contribution in [2.75, 3.05) is 0 Å². The Morgan fingerprint density at radius 3 is 0.620 bits per heavy atom. The average molecular weight is 1040 g/mol. The van der Waals surface area contributed by atoms with Gasteiger partial charge in [-0.3, -0.25) is 4.79 Å². The lowest BCUT2D eigenvalue weighted by Crippen LogP contribution is -2.19. The molecule has 0 aliphatic carbocycles. The van der Waals surface area contributed by atoms with Crippen molar-refractivity contribution in [2.45, 2.75) is 34.5 Å². The summed E-state index contributed by atoms with van der Waals surface area (Å²) < 4.78 is 8.29. The zero-order chi connectivity index (χ0) is 53.4. The van der Waals surface area contributed by atoms with Gasteiger partial charge in [0, 0.05) is 21.1 Å². The van der Waals surface area contributed by atoms with Crippen molar-refractivity contribution in [3.05, 3.63) is 309 Å². The second kappa shape index (κ2) is 23.0. The second-order valence-electron chi connectivity index (χ2n) is 19.8. The maximum absolute atomic E-state index is 16.1. The lowest BCUT2D eigenvalue weighted by Gasteiger charge is -2.47. The van der Waals surface area contributed by atoms with Crippen LogP contribution in [0.25, 0.3) is 100 Å². The van der Waals surface area contributed by atoms with Crippen LogP contribution in [0.1, 0.15) is 19.8 Å². The molecule has 0 amide bonds. The third-order valence-corrected chi connectivity index (χ3v) is 18.1. The largest absolute Gasteiger partial charge is 0.402 e. The van der Waals surface area contributed by atoms with E-state index in [-0.39, 0.29) is 12.4 Å². The fourth-order valence-corrected chi connectivity index (χ4v) is 15.2. The average Bonchev–Trinajstić information content (AvgIpc) is 3.69. The molecular formula is C76H58O2S. The first kappa shape index (κ1) is 50.3. The monoisotopic (exact) mass is 1030 g/mol. The lowest BCUT2D eigenvalue weighted by molar-refractivity contribution is -0.133. The minimum absolute atomic E-state index is 0.199. The molecule has 2 nitrogen and oxygen atoms in total. The summed E-state index contributed by atoms with van der Waals surface area (Å²) in [7, 11) is -3.47. The molecule has 3 heteroatoms. The molecular weight excluding hydrogens is 977 g/mol. The van der Waals surface area contributed by atoms with Gasteiger partial charge in [-0.2, -0.15) is 0 Å². The van der Waals surface area contributed by atoms with Gasteiger partial charge in [-0.25, -0.2) is 0 Å². The highest BCUT2D eigenvalue weighted by Gasteiger charge is 2.47. The molecule has 0 fully saturated rings. The van der Waals surface area contributed by atoms with E-state index < -0.39 is 10.3 Å². The predicted molar refractivity (Wildman–Crippen MR) is 332 cm³/mol. The Bertz CT molecular complexity index is 3410. The molecule has 12 rings (SSSR count). The van der Waals surface area contributed by atoms with E-state index in [0.717, 1.165) is 115 Å². The van der Waals surface area contributed by atoms with E-state index >= 15 is 4.79 Å². The van der Waals surface area contributed by atoms with Gasteiger partial charge in [-0.15, -0.1) is 0 Å². The molecule has 0 aliphatic heterocycles. The molecule has 0 atom stereocenters. The van der Waals surface area contributed by atoms with Gasteiger partial charge < -0.3 is 4.18 Å². The highest BCUT2D eigenvalue weighted by molar-refractivity contribution is 8.30. The number of rotatable bonds is 15. The summed E-state index contributed by atoms with van der Waals surface area (Å²) in [5.74, 6) is -0.280. The fraction of sp³-hybridized carbons (Fsp3) is 0.0395. The minimum atomic E-state index is -3.47. The standard InChI is InChI=1S/C76H58O2S/c1-2-30-73(77)78-79(74-67(58-37-18-6-19-38-58)49-64(55-31-12-3-13-32-55)50-68(74)59-39-20-7-21-40-59,75-69(60-41-22-8-23-42-60)51-65(56-33-14-4-15-34-56)52-70(75)61-43-24-9-25-44-61)76-71(62-45-26-10-27-46-62)53-66(57-35-16-5-17-36-57)54-72(76)63-47-28-11-29-48-63/h3-29,31-54H,2,30H2,1H3. The van der Waals surface area contributed by atoms with Crippen molar-refractivity contribution in [3.63, 3.8) is 0 Å². The third-order valence-electron chi connectivity index (χ3n) is 14.6. The highest BCUT2D eigenvalue weighted by Crippen LogP contribution is 2.79. The molecule has 0 aromatic heterocycles. The summed E-state index contributed by atoms with van der Waals surface area (Å²) in [5.41, 5.74) is 18.2. The second-order valence-corrected chi connectivity index (χ2v) is 22.3. The number of carbonyl (C=O) groups excluding carboxylic acids is 1. The molecule has 0 saturated carbocycles. The van der Waals surface area contributed by atoms with Crippen molar-refractivity contribution in [2.24, 2.45) is 0 Å². The SMILES string of the molecule is CCCC(=O)OS(c1c(-c2ccccc2)cc(-c2ccccc2)cc1-c1ccccc1)(c1c(-c2ccccc2)cc(-c2ccccc2)cc1-c1ccccc1)c1c(-c2ccccc2)cc(-c2ccccc2)cc1-c1ccccc1. The van der Waals surface area contributed by atoms with Crippen molar-refractivity contribution in [3.8, 4) is 100 Å². The van der Waals surface area contributed by atoms with Gasteiger partial charge in [0.25, 0.3) is 0 Å². The van der Waals surface area contributed by atoms with Crippen LogP contribution < -0.4 is 0 Å². The fourth-order valence-electron chi connectivity index (χ4n) is 11.0. The van der Waals surface area contributed by atoms with Crippen LogP contribution in [0.15, 0.2) is 324 Å². The van der Waals surface area contributed by atoms with E-state index in [1.165, 1.54) is 0 Å². The van der Waals surface area contributed by atoms with E-state index in [4.69, 9.17) is 4.18 Å². The molecule has 0 unspecified atom stereocenters. The van der Waals surface area contributed by atoms with Gasteiger partial charge in [0.15, 0.2) is 0 Å². The molecule has 0 radical (unpaired) electrons. The molecule has 0 spiro atoms. The lowest BCUT2D eigenvalue weighted by atomic mass is 9.92. The summed E-state index contributed by atoms with van der Waals surface area (Å²) >= 11 is 0. The van der Waals surface area contributed by atoms with E-state index in [2.05, 4.69) is 316 Å². The van der Waals surface area contributed by atoms with Gasteiger partial charge in [-0.05, 0) is 153 Å². The predicted octanol–water partition coefficient (Wildman–Crippen LogP) is 21.2. The van der Waals surface area contributed by atoms with Crippen LogP contribution in [0.2, 0.25) is 0 Å². The van der Waals surface area contributed by atoms with E-state index in [1.54, 1.807) is 0 Å². The molecule has 0 heterocycles. The number of hydrogen-bond donors (Lipinski definition) is 0. The Morgan fingerprint density at radius 2 is 0.443 bits per heavy atom. The van der Waals surface area contributed by atoms with Crippen LogP contribution in [0.4, 0.5) is 0 Å². The van der Waals surface area contributed by atoms with Gasteiger partial charge >= 0.3 is 5.97 Å². The molecule has 380 valence electrons. The van der Waals surface area contributed by atoms with Crippen LogP contribution in [0, 0.1) is 0 Å². The van der Waals surface area contributed by atoms with Crippen LogP contribution in [0.3, 0.4) is 0 Å². The maximum Gasteiger partial charge on any atom is 0.317 e. The Balaban J connectivity index is 1.43. The van der Waals surface area contributed by atoms with E-state index in [9.17, 15) is 0 Å². The maximum atomic E-state index is 16.1. The first-order valence-corrected chi connectivity index (χ1v) is 28.7. The van der Waals surface area contributed by atoms with E-state index in [0.29, 0.717) is 6.42 Å². The molecule has 12 aromatic carbocycles. The van der Waals surface area contributed by atoms with Crippen molar-refractivity contribution < 1.29 is 8.98 Å². The van der Waals surface area contributed by atoms with Crippen molar-refractivity contribution >= 4 is 16.3 Å². The Labute approximate surface area is 466 Å². The Morgan fingerprint density at radius 1 is 0.266 bits per heavy atom. The number of benzene rings is 12. The molecule has 0 aliphatic rings. The number of carbonyl (C=O) groups is 1. The first-order valence-electron chi connectivity index (χ1n) is 27.2. The first-order chi connectivity index (χ1) is 39.1. The van der Waals surface area contributed by atoms with Gasteiger partial charge in [-0.1, -0.05) is 280 Å². The normalized spacial score (nSPS) is 11.5. The van der Waals surface area contributed by atoms with E-state index in [1.807, 2.05) is 0 Å². The van der Waals surface area contributed by atoms with Gasteiger partial charge in [0.2, 0.25) is 0 Å². The van der Waals surface area contributed by atoms with Crippen molar-refractivity contribution in [1.29, 1.82) is 0 Å². The molecule has 79 heavy (non-hydrogen) atoms. The van der Waals surface area contributed by atoms with Crippen LogP contribution in [-0.4, -0.2) is 5.97 Å². The van der Waals surface area contributed by atoms with Gasteiger partial charge in [0.05, 0.1) is 0 Å². The topological polar surface area (TPSA) is 26.3 Å². The van der Waals surface area contributed by atoms with Crippen molar-refractivity contribution in [1.82, 2.24) is 0 Å². The molecule has 12 aromatic rings. The van der Waals surface area contributed by atoms with Crippen LogP contribution >= 0.6 is 10.3 Å². The highest BCUT2D eigenvalue weighted by atomic mass is 32.3. The summed E-state index contributed by atoms with van der Waals surface area (Å²) in [6, 6.07) is 111. The smallest absolute Gasteiger partial charge is 0.317 e.